The topological polar surface area (TPSA) is 79.6 Å². The fraction of sp³-hybridized carbons (Fsp3) is 0.333. The summed E-state index contributed by atoms with van der Waals surface area (Å²) in [7, 11) is 0. The standard InChI is InChI=1S/C21H23Cl2NO4/c1-13(2)28-20(21(25)26)10-14-4-3-5-16(8-14)19(24)12-27-11-15-6-7-17(22)18(23)9-15/h3-9,13,20,24H,10-12H2,1-2H3,(H,25,26). The first-order valence-electron chi connectivity index (χ1n) is 8.83. The minimum absolute atomic E-state index is 0.120. The van der Waals surface area contributed by atoms with Crippen molar-refractivity contribution in [3.05, 3.63) is 69.2 Å². The van der Waals surface area contributed by atoms with E-state index >= 15 is 0 Å². The molecule has 0 bridgehead atoms. The van der Waals surface area contributed by atoms with Crippen molar-refractivity contribution in [3.63, 3.8) is 0 Å². The Hall–Kier alpha value is -1.92. The van der Waals surface area contributed by atoms with Gasteiger partial charge in [0.2, 0.25) is 0 Å². The van der Waals surface area contributed by atoms with Crippen LogP contribution in [0, 0.1) is 5.41 Å². The van der Waals surface area contributed by atoms with Gasteiger partial charge in [0.25, 0.3) is 0 Å². The summed E-state index contributed by atoms with van der Waals surface area (Å²) in [6.45, 7) is 4.03. The lowest BCUT2D eigenvalue weighted by Crippen LogP contribution is -2.29. The van der Waals surface area contributed by atoms with Crippen LogP contribution in [0.5, 0.6) is 0 Å². The first-order chi connectivity index (χ1) is 13.3. The molecule has 1 atom stereocenters. The first-order valence-corrected chi connectivity index (χ1v) is 9.58. The molecular formula is C21H23Cl2NO4. The van der Waals surface area contributed by atoms with Gasteiger partial charge in [-0.05, 0) is 48.7 Å². The van der Waals surface area contributed by atoms with Crippen molar-refractivity contribution in [2.45, 2.75) is 39.1 Å². The number of nitrogens with one attached hydrogen (secondary N) is 1. The Balaban J connectivity index is 1.95. The summed E-state index contributed by atoms with van der Waals surface area (Å²) in [4.78, 5) is 11.4. The monoisotopic (exact) mass is 423 g/mol. The van der Waals surface area contributed by atoms with Crippen molar-refractivity contribution in [2.75, 3.05) is 6.61 Å². The van der Waals surface area contributed by atoms with E-state index in [9.17, 15) is 9.90 Å². The molecule has 0 saturated carbocycles. The second-order valence-corrected chi connectivity index (χ2v) is 7.45. The number of hydrogen-bond donors (Lipinski definition) is 2. The highest BCUT2D eigenvalue weighted by molar-refractivity contribution is 6.42. The maximum absolute atomic E-state index is 11.4. The van der Waals surface area contributed by atoms with Crippen LogP contribution in [-0.4, -0.2) is 35.6 Å². The highest BCUT2D eigenvalue weighted by Crippen LogP contribution is 2.23. The Morgan fingerprint density at radius 1 is 1.11 bits per heavy atom. The molecule has 5 nitrogen and oxygen atoms in total. The van der Waals surface area contributed by atoms with Gasteiger partial charge >= 0.3 is 5.97 Å². The third kappa shape index (κ3) is 6.91. The number of halogens is 2. The van der Waals surface area contributed by atoms with E-state index in [-0.39, 0.29) is 19.1 Å². The smallest absolute Gasteiger partial charge is 0.333 e. The summed E-state index contributed by atoms with van der Waals surface area (Å²) in [6, 6.07) is 12.5. The predicted molar refractivity (Wildman–Crippen MR) is 111 cm³/mol. The Morgan fingerprint density at radius 3 is 2.50 bits per heavy atom. The van der Waals surface area contributed by atoms with Gasteiger partial charge in [0.15, 0.2) is 6.10 Å². The minimum Gasteiger partial charge on any atom is -0.479 e. The molecule has 0 aliphatic carbocycles. The molecule has 0 aromatic heterocycles. The average Bonchev–Trinajstić information content (AvgIpc) is 2.64. The van der Waals surface area contributed by atoms with Crippen molar-refractivity contribution in [1.82, 2.24) is 0 Å². The van der Waals surface area contributed by atoms with Gasteiger partial charge in [-0.15, -0.1) is 0 Å². The lowest BCUT2D eigenvalue weighted by atomic mass is 10.0. The number of carbonyl (C=O) groups is 1. The summed E-state index contributed by atoms with van der Waals surface area (Å²) < 4.78 is 11.0. The van der Waals surface area contributed by atoms with E-state index in [1.807, 2.05) is 12.1 Å². The second kappa shape index (κ2) is 10.6. The van der Waals surface area contributed by atoms with Gasteiger partial charge in [0.05, 0.1) is 35.1 Å². The Kier molecular flexibility index (Phi) is 8.45. The van der Waals surface area contributed by atoms with Crippen molar-refractivity contribution in [3.8, 4) is 0 Å². The summed E-state index contributed by atoms with van der Waals surface area (Å²) in [6.07, 6.45) is -0.869. The fourth-order valence-electron chi connectivity index (χ4n) is 2.61. The molecule has 0 heterocycles. The van der Waals surface area contributed by atoms with E-state index < -0.39 is 12.1 Å². The van der Waals surface area contributed by atoms with E-state index in [0.717, 1.165) is 11.1 Å². The number of carboxylic acids is 1. The highest BCUT2D eigenvalue weighted by Gasteiger charge is 2.20. The summed E-state index contributed by atoms with van der Waals surface area (Å²) in [5.41, 5.74) is 2.64. The molecule has 0 spiro atoms. The van der Waals surface area contributed by atoms with Crippen LogP contribution < -0.4 is 0 Å². The van der Waals surface area contributed by atoms with E-state index in [0.29, 0.717) is 27.9 Å². The lowest BCUT2D eigenvalue weighted by Gasteiger charge is -2.17. The lowest BCUT2D eigenvalue weighted by molar-refractivity contribution is -0.153. The van der Waals surface area contributed by atoms with Crippen molar-refractivity contribution in [2.24, 2.45) is 0 Å². The maximum Gasteiger partial charge on any atom is 0.333 e. The van der Waals surface area contributed by atoms with Gasteiger partial charge in [-0.1, -0.05) is 47.5 Å². The summed E-state index contributed by atoms with van der Waals surface area (Å²) in [5.74, 6) is -1.00. The normalized spacial score (nSPS) is 12.2. The second-order valence-electron chi connectivity index (χ2n) is 6.64. The van der Waals surface area contributed by atoms with Gasteiger partial charge in [-0.3, -0.25) is 0 Å². The molecule has 7 heteroatoms. The summed E-state index contributed by atoms with van der Waals surface area (Å²) in [5, 5.41) is 18.5. The van der Waals surface area contributed by atoms with Crippen LogP contribution in [0.3, 0.4) is 0 Å². The number of hydrogen-bond acceptors (Lipinski definition) is 4. The zero-order chi connectivity index (χ0) is 20.7. The highest BCUT2D eigenvalue weighted by atomic mass is 35.5. The van der Waals surface area contributed by atoms with Crippen molar-refractivity contribution in [1.29, 1.82) is 5.41 Å². The van der Waals surface area contributed by atoms with E-state index in [1.54, 1.807) is 44.2 Å². The number of ether oxygens (including phenoxy) is 2. The van der Waals surface area contributed by atoms with E-state index in [2.05, 4.69) is 0 Å². The summed E-state index contributed by atoms with van der Waals surface area (Å²) >= 11 is 11.9. The van der Waals surface area contributed by atoms with Crippen LogP contribution in [-0.2, 0) is 27.3 Å². The molecule has 2 aromatic carbocycles. The molecule has 0 amide bonds. The van der Waals surface area contributed by atoms with Crippen LogP contribution in [0.25, 0.3) is 0 Å². The number of carboxylic acid groups (broad SMARTS) is 1. The van der Waals surface area contributed by atoms with Gasteiger partial charge in [-0.25, -0.2) is 4.79 Å². The van der Waals surface area contributed by atoms with Crippen molar-refractivity contribution < 1.29 is 19.4 Å². The number of aliphatic carboxylic acids is 1. The average molecular weight is 424 g/mol. The quantitative estimate of drug-likeness (QED) is 0.526. The SMILES string of the molecule is CC(C)OC(Cc1cccc(C(=N)COCc2ccc(Cl)c(Cl)c2)c1)C(=O)O. The molecule has 28 heavy (non-hydrogen) atoms. The van der Waals surface area contributed by atoms with E-state index in [1.165, 1.54) is 0 Å². The molecule has 150 valence electrons. The van der Waals surface area contributed by atoms with Crippen LogP contribution in [0.1, 0.15) is 30.5 Å². The molecule has 2 rings (SSSR count). The number of benzene rings is 2. The molecule has 2 N–H and O–H groups in total. The molecule has 0 fully saturated rings. The Labute approximate surface area is 174 Å². The zero-order valence-electron chi connectivity index (χ0n) is 15.7. The van der Waals surface area contributed by atoms with Gasteiger partial charge < -0.3 is 20.0 Å². The molecule has 1 unspecified atom stereocenters. The third-order valence-corrected chi connectivity index (χ3v) is 4.65. The predicted octanol–water partition coefficient (Wildman–Crippen LogP) is 5.00. The Bertz CT molecular complexity index is 839. The van der Waals surface area contributed by atoms with Crippen LogP contribution in [0.4, 0.5) is 0 Å². The van der Waals surface area contributed by atoms with Gasteiger partial charge in [0.1, 0.15) is 0 Å². The van der Waals surface area contributed by atoms with Crippen LogP contribution in [0.2, 0.25) is 10.0 Å². The molecule has 0 radical (unpaired) electrons. The molecule has 2 aromatic rings. The van der Waals surface area contributed by atoms with Gasteiger partial charge in [-0.2, -0.15) is 0 Å². The zero-order valence-corrected chi connectivity index (χ0v) is 17.3. The third-order valence-electron chi connectivity index (χ3n) is 3.91. The number of rotatable bonds is 10. The van der Waals surface area contributed by atoms with Crippen LogP contribution in [0.15, 0.2) is 42.5 Å². The first kappa shape index (κ1) is 22.4. The Morgan fingerprint density at radius 2 is 1.86 bits per heavy atom. The minimum atomic E-state index is -1.00. The van der Waals surface area contributed by atoms with E-state index in [4.69, 9.17) is 38.1 Å². The molecule has 0 saturated heterocycles. The van der Waals surface area contributed by atoms with Gasteiger partial charge in [0, 0.05) is 6.42 Å². The molecule has 0 aliphatic heterocycles. The van der Waals surface area contributed by atoms with Crippen LogP contribution >= 0.6 is 23.2 Å². The fourth-order valence-corrected chi connectivity index (χ4v) is 2.93. The maximum atomic E-state index is 11.4. The van der Waals surface area contributed by atoms with Crippen molar-refractivity contribution >= 4 is 34.9 Å². The molecular weight excluding hydrogens is 401 g/mol. The largest absolute Gasteiger partial charge is 0.479 e. The molecule has 0 aliphatic rings.